The zero-order valence-electron chi connectivity index (χ0n) is 7.52. The molecule has 3 rings (SSSR count). The van der Waals surface area contributed by atoms with Gasteiger partial charge in [-0.15, -0.1) is 25.2 Å². The molecule has 15 heavy (non-hydrogen) atoms. The number of benzene rings is 1. The third-order valence-electron chi connectivity index (χ3n) is 1.88. The molecule has 7 nitrogen and oxygen atoms in total. The van der Waals surface area contributed by atoms with Gasteiger partial charge in [0.25, 0.3) is 0 Å². The van der Waals surface area contributed by atoms with Crippen LogP contribution < -0.4 is 0 Å². The second-order valence-corrected chi connectivity index (χ2v) is 2.85. The Morgan fingerprint density at radius 1 is 0.800 bits per heavy atom. The highest BCUT2D eigenvalue weighted by Crippen LogP contribution is 2.06. The lowest BCUT2D eigenvalue weighted by Crippen LogP contribution is -1.97. The molecule has 0 radical (unpaired) electrons. The van der Waals surface area contributed by atoms with Crippen molar-refractivity contribution in [3.05, 3.63) is 30.3 Å². The third kappa shape index (κ3) is 1.30. The highest BCUT2D eigenvalue weighted by Gasteiger charge is 2.06. The fraction of sp³-hybridized carbons (Fsp3) is 0. The van der Waals surface area contributed by atoms with Gasteiger partial charge in [-0.3, -0.25) is 0 Å². The summed E-state index contributed by atoms with van der Waals surface area (Å²) < 4.78 is 0. The van der Waals surface area contributed by atoms with Crippen LogP contribution >= 0.6 is 0 Å². The predicted octanol–water partition coefficient (Wildman–Crippen LogP) is 0.000500. The normalized spacial score (nSPS) is 10.7. The lowest BCUT2D eigenvalue weighted by molar-refractivity contribution is 0.760. The molecule has 2 heterocycles. The van der Waals surface area contributed by atoms with E-state index < -0.39 is 0 Å². The first-order valence-corrected chi connectivity index (χ1v) is 4.28. The van der Waals surface area contributed by atoms with E-state index in [0.717, 1.165) is 5.69 Å². The summed E-state index contributed by atoms with van der Waals surface area (Å²) >= 11 is 0. The lowest BCUT2D eigenvalue weighted by Gasteiger charge is -1.95. The molecule has 1 aromatic carbocycles. The first-order chi connectivity index (χ1) is 7.43. The second kappa shape index (κ2) is 3.05. The van der Waals surface area contributed by atoms with Crippen LogP contribution in [0.1, 0.15) is 0 Å². The number of para-hydroxylation sites is 1. The zero-order valence-corrected chi connectivity index (χ0v) is 7.52. The maximum absolute atomic E-state index is 4.11. The molecule has 3 aromatic rings. The fourth-order valence-electron chi connectivity index (χ4n) is 1.22. The maximum atomic E-state index is 4.11. The summed E-state index contributed by atoms with van der Waals surface area (Å²) in [4.78, 5) is 1.45. The average Bonchev–Trinajstić information content (AvgIpc) is 2.74. The van der Waals surface area contributed by atoms with Crippen molar-refractivity contribution >= 4 is 11.3 Å². The van der Waals surface area contributed by atoms with Crippen LogP contribution in [0.25, 0.3) is 17.0 Å². The molecule has 0 saturated carbocycles. The molecule has 0 bridgehead atoms. The Bertz CT molecular complexity index is 555. The largest absolute Gasteiger partial charge is 0.246 e. The van der Waals surface area contributed by atoms with E-state index in [-0.39, 0.29) is 0 Å². The van der Waals surface area contributed by atoms with Crippen molar-refractivity contribution in [2.24, 2.45) is 0 Å². The number of hydrogen-bond acceptors (Lipinski definition) is 6. The Balaban J connectivity index is 2.21. The predicted molar refractivity (Wildman–Crippen MR) is 50.0 cm³/mol. The van der Waals surface area contributed by atoms with Crippen molar-refractivity contribution in [1.29, 1.82) is 0 Å². The van der Waals surface area contributed by atoms with Crippen LogP contribution in [0.2, 0.25) is 0 Å². The van der Waals surface area contributed by atoms with E-state index >= 15 is 0 Å². The van der Waals surface area contributed by atoms with Crippen LogP contribution in [0, 0.1) is 0 Å². The van der Waals surface area contributed by atoms with Gasteiger partial charge in [-0.1, -0.05) is 18.2 Å². The maximum Gasteiger partial charge on any atom is 0.246 e. The monoisotopic (exact) mass is 199 g/mol. The molecule has 0 unspecified atom stereocenters. The fourth-order valence-corrected chi connectivity index (χ4v) is 1.22. The quantitative estimate of drug-likeness (QED) is 0.548. The van der Waals surface area contributed by atoms with Gasteiger partial charge in [-0.2, -0.15) is 0 Å². The molecule has 7 heteroatoms. The SMILES string of the molecule is c1ccc(-n2nc3nnnnc3n2)cc1. The van der Waals surface area contributed by atoms with Crippen LogP contribution in [0.3, 0.4) is 0 Å². The Morgan fingerprint density at radius 2 is 1.40 bits per heavy atom. The van der Waals surface area contributed by atoms with Gasteiger partial charge in [-0.05, 0) is 22.6 Å². The number of rotatable bonds is 1. The van der Waals surface area contributed by atoms with Gasteiger partial charge in [0.05, 0.1) is 5.69 Å². The van der Waals surface area contributed by atoms with E-state index in [9.17, 15) is 0 Å². The minimum atomic E-state index is 0.383. The Kier molecular flexibility index (Phi) is 1.61. The molecule has 0 aliphatic rings. The van der Waals surface area contributed by atoms with Crippen LogP contribution in [0.5, 0.6) is 0 Å². The molecule has 0 spiro atoms. The average molecular weight is 199 g/mol. The molecular weight excluding hydrogens is 194 g/mol. The number of hydrogen-bond donors (Lipinski definition) is 0. The van der Waals surface area contributed by atoms with Gasteiger partial charge >= 0.3 is 0 Å². The van der Waals surface area contributed by atoms with Crippen molar-refractivity contribution in [1.82, 2.24) is 35.6 Å². The summed E-state index contributed by atoms with van der Waals surface area (Å²) in [6.07, 6.45) is 0. The number of fused-ring (bicyclic) bond motifs is 1. The molecule has 0 aliphatic heterocycles. The lowest BCUT2D eigenvalue weighted by atomic mass is 10.3. The highest BCUT2D eigenvalue weighted by molar-refractivity contribution is 5.61. The van der Waals surface area contributed by atoms with Crippen LogP contribution in [0.4, 0.5) is 0 Å². The van der Waals surface area contributed by atoms with E-state index in [4.69, 9.17) is 0 Å². The zero-order chi connectivity index (χ0) is 10.1. The number of aromatic nitrogens is 7. The molecule has 2 aromatic heterocycles. The summed E-state index contributed by atoms with van der Waals surface area (Å²) in [7, 11) is 0. The minimum absolute atomic E-state index is 0.383. The molecule has 72 valence electrons. The Hall–Kier alpha value is -2.44. The molecule has 0 amide bonds. The van der Waals surface area contributed by atoms with Gasteiger partial charge in [0.15, 0.2) is 0 Å². The molecule has 0 saturated heterocycles. The van der Waals surface area contributed by atoms with E-state index in [1.807, 2.05) is 30.3 Å². The first-order valence-electron chi connectivity index (χ1n) is 4.28. The van der Waals surface area contributed by atoms with Crippen molar-refractivity contribution in [2.45, 2.75) is 0 Å². The van der Waals surface area contributed by atoms with Crippen molar-refractivity contribution in [3.63, 3.8) is 0 Å². The van der Waals surface area contributed by atoms with Crippen molar-refractivity contribution < 1.29 is 0 Å². The standard InChI is InChI=1S/C8H5N7/c1-2-4-6(5-3-1)15-11-7-8(12-15)10-14-13-9-7/h1-5H. The minimum Gasteiger partial charge on any atom is -0.147 e. The summed E-state index contributed by atoms with van der Waals surface area (Å²) in [5.74, 6) is 0. The van der Waals surface area contributed by atoms with E-state index in [1.54, 1.807) is 0 Å². The van der Waals surface area contributed by atoms with Gasteiger partial charge in [-0.25, -0.2) is 0 Å². The molecular formula is C8H5N7. The smallest absolute Gasteiger partial charge is 0.147 e. The van der Waals surface area contributed by atoms with Crippen molar-refractivity contribution in [2.75, 3.05) is 0 Å². The van der Waals surface area contributed by atoms with Crippen LogP contribution in [-0.2, 0) is 0 Å². The molecule has 0 atom stereocenters. The van der Waals surface area contributed by atoms with Crippen LogP contribution in [0.15, 0.2) is 30.3 Å². The molecule has 0 N–H and O–H groups in total. The van der Waals surface area contributed by atoms with Gasteiger partial charge in [0.2, 0.25) is 11.3 Å². The summed E-state index contributed by atoms with van der Waals surface area (Å²) in [5.41, 5.74) is 1.61. The van der Waals surface area contributed by atoms with Gasteiger partial charge in [0, 0.05) is 0 Å². The molecule has 0 aliphatic carbocycles. The van der Waals surface area contributed by atoms with E-state index in [2.05, 4.69) is 30.8 Å². The van der Waals surface area contributed by atoms with E-state index in [1.165, 1.54) is 4.80 Å². The summed E-state index contributed by atoms with van der Waals surface area (Å²) in [6, 6.07) is 9.51. The second-order valence-electron chi connectivity index (χ2n) is 2.85. The highest BCUT2D eigenvalue weighted by atomic mass is 15.5. The third-order valence-corrected chi connectivity index (χ3v) is 1.88. The van der Waals surface area contributed by atoms with Crippen LogP contribution in [-0.4, -0.2) is 35.6 Å². The topological polar surface area (TPSA) is 82.3 Å². The Morgan fingerprint density at radius 3 is 2.00 bits per heavy atom. The van der Waals surface area contributed by atoms with Gasteiger partial charge < -0.3 is 0 Å². The first kappa shape index (κ1) is 7.92. The van der Waals surface area contributed by atoms with Gasteiger partial charge in [0.1, 0.15) is 0 Å². The molecule has 0 fully saturated rings. The van der Waals surface area contributed by atoms with Crippen molar-refractivity contribution in [3.8, 4) is 5.69 Å². The summed E-state index contributed by atoms with van der Waals surface area (Å²) in [6.45, 7) is 0. The number of nitrogens with zero attached hydrogens (tertiary/aromatic N) is 7. The Labute approximate surface area is 83.7 Å². The van der Waals surface area contributed by atoms with E-state index in [0.29, 0.717) is 11.3 Å². The summed E-state index contributed by atoms with van der Waals surface area (Å²) in [5, 5.41) is 22.4.